The summed E-state index contributed by atoms with van der Waals surface area (Å²) in [5.41, 5.74) is 3.16. The second kappa shape index (κ2) is 5.20. The van der Waals surface area contributed by atoms with Crippen molar-refractivity contribution in [3.05, 3.63) is 53.9 Å². The maximum atomic E-state index is 12.6. The van der Waals surface area contributed by atoms with Crippen molar-refractivity contribution in [2.75, 3.05) is 31.1 Å². The molecular weight excluding hydrogens is 274 g/mol. The van der Waals surface area contributed by atoms with E-state index in [2.05, 4.69) is 40.2 Å². The number of nitrogens with one attached hydrogen (secondary N) is 1. The number of nitrogens with zero attached hydrogens (tertiary/aromatic N) is 2. The number of aromatic amines is 1. The Balaban J connectivity index is 1.44. The zero-order valence-corrected chi connectivity index (χ0v) is 12.8. The fourth-order valence-corrected chi connectivity index (χ4v) is 3.85. The third-order valence-electron chi connectivity index (χ3n) is 5.08. The van der Waals surface area contributed by atoms with Crippen LogP contribution in [0, 0.1) is 18.8 Å². The van der Waals surface area contributed by atoms with Gasteiger partial charge in [-0.3, -0.25) is 4.79 Å². The van der Waals surface area contributed by atoms with E-state index in [0.29, 0.717) is 11.8 Å². The number of amides is 1. The Morgan fingerprint density at radius 1 is 1.05 bits per heavy atom. The van der Waals surface area contributed by atoms with Gasteiger partial charge >= 0.3 is 0 Å². The first kappa shape index (κ1) is 13.4. The van der Waals surface area contributed by atoms with Crippen LogP contribution in [0.1, 0.15) is 15.9 Å². The molecule has 114 valence electrons. The van der Waals surface area contributed by atoms with E-state index in [1.54, 1.807) is 0 Å². The lowest BCUT2D eigenvalue weighted by Gasteiger charge is -2.23. The number of anilines is 1. The van der Waals surface area contributed by atoms with Gasteiger partial charge in [-0.25, -0.2) is 0 Å². The Kier molecular flexibility index (Phi) is 3.17. The molecule has 1 amide bonds. The lowest BCUT2D eigenvalue weighted by Crippen LogP contribution is -2.33. The molecule has 2 fully saturated rings. The van der Waals surface area contributed by atoms with Crippen LogP contribution < -0.4 is 4.90 Å². The van der Waals surface area contributed by atoms with Gasteiger partial charge in [0.15, 0.2) is 0 Å². The van der Waals surface area contributed by atoms with Crippen molar-refractivity contribution in [2.24, 2.45) is 11.8 Å². The van der Waals surface area contributed by atoms with Crippen LogP contribution in [0.4, 0.5) is 5.69 Å². The molecule has 2 aliphatic heterocycles. The number of hydrogen-bond acceptors (Lipinski definition) is 2. The number of H-pyrrole nitrogens is 1. The highest BCUT2D eigenvalue weighted by Crippen LogP contribution is 2.34. The zero-order chi connectivity index (χ0) is 15.1. The highest BCUT2D eigenvalue weighted by molar-refractivity contribution is 5.95. The molecule has 0 bridgehead atoms. The lowest BCUT2D eigenvalue weighted by atomic mass is 10.0. The Morgan fingerprint density at radius 2 is 1.73 bits per heavy atom. The topological polar surface area (TPSA) is 39.3 Å². The molecule has 2 atom stereocenters. The molecule has 22 heavy (non-hydrogen) atoms. The molecule has 2 saturated heterocycles. The van der Waals surface area contributed by atoms with Crippen LogP contribution in [0.25, 0.3) is 0 Å². The Hall–Kier alpha value is -2.23. The summed E-state index contributed by atoms with van der Waals surface area (Å²) in [6.45, 7) is 5.88. The van der Waals surface area contributed by atoms with E-state index < -0.39 is 0 Å². The summed E-state index contributed by atoms with van der Waals surface area (Å²) in [7, 11) is 0. The van der Waals surface area contributed by atoms with Gasteiger partial charge < -0.3 is 14.8 Å². The predicted octanol–water partition coefficient (Wildman–Crippen LogP) is 2.53. The van der Waals surface area contributed by atoms with Gasteiger partial charge in [-0.15, -0.1) is 0 Å². The van der Waals surface area contributed by atoms with E-state index in [9.17, 15) is 4.79 Å². The van der Waals surface area contributed by atoms with E-state index in [0.717, 1.165) is 37.3 Å². The fraction of sp³-hybridized carbons (Fsp3) is 0.389. The number of hydrogen-bond donors (Lipinski definition) is 1. The van der Waals surface area contributed by atoms with E-state index in [4.69, 9.17) is 0 Å². The molecule has 1 N–H and O–H groups in total. The molecule has 4 nitrogen and oxygen atoms in total. The highest BCUT2D eigenvalue weighted by atomic mass is 16.2. The van der Waals surface area contributed by atoms with Gasteiger partial charge in [0, 0.05) is 56.1 Å². The number of likely N-dealkylation sites (tertiary alicyclic amines) is 1. The van der Waals surface area contributed by atoms with Crippen LogP contribution in [0.3, 0.4) is 0 Å². The highest BCUT2D eigenvalue weighted by Gasteiger charge is 2.41. The van der Waals surface area contributed by atoms with Crippen LogP contribution in [0.2, 0.25) is 0 Å². The molecule has 2 aromatic rings. The molecule has 0 saturated carbocycles. The third-order valence-corrected chi connectivity index (χ3v) is 5.08. The average molecular weight is 295 g/mol. The van der Waals surface area contributed by atoms with Gasteiger partial charge in [0.2, 0.25) is 0 Å². The quantitative estimate of drug-likeness (QED) is 0.925. The fourth-order valence-electron chi connectivity index (χ4n) is 3.85. The number of carbonyl (C=O) groups excluding carboxylic acids is 1. The van der Waals surface area contributed by atoms with Crippen LogP contribution in [-0.2, 0) is 0 Å². The van der Waals surface area contributed by atoms with Crippen molar-refractivity contribution < 1.29 is 4.79 Å². The number of carbonyl (C=O) groups is 1. The summed E-state index contributed by atoms with van der Waals surface area (Å²) >= 11 is 0. The molecule has 0 radical (unpaired) electrons. The molecule has 4 heteroatoms. The summed E-state index contributed by atoms with van der Waals surface area (Å²) in [5.74, 6) is 1.38. The second-order valence-electron chi connectivity index (χ2n) is 6.52. The molecule has 1 aromatic heterocycles. The van der Waals surface area contributed by atoms with E-state index >= 15 is 0 Å². The molecule has 0 aliphatic carbocycles. The first-order chi connectivity index (χ1) is 10.7. The van der Waals surface area contributed by atoms with Crippen molar-refractivity contribution in [3.8, 4) is 0 Å². The number of aromatic nitrogens is 1. The predicted molar refractivity (Wildman–Crippen MR) is 87.1 cm³/mol. The maximum Gasteiger partial charge on any atom is 0.255 e. The number of rotatable bonds is 2. The van der Waals surface area contributed by atoms with E-state index in [-0.39, 0.29) is 5.91 Å². The molecule has 0 unspecified atom stereocenters. The minimum absolute atomic E-state index is 0.180. The summed E-state index contributed by atoms with van der Waals surface area (Å²) in [6, 6.07) is 10.6. The summed E-state index contributed by atoms with van der Waals surface area (Å²) in [6.07, 6.45) is 3.71. The van der Waals surface area contributed by atoms with Crippen LogP contribution in [-0.4, -0.2) is 42.0 Å². The van der Waals surface area contributed by atoms with Crippen molar-refractivity contribution in [2.45, 2.75) is 6.92 Å². The summed E-state index contributed by atoms with van der Waals surface area (Å²) < 4.78 is 0. The van der Waals surface area contributed by atoms with Gasteiger partial charge in [0.1, 0.15) is 0 Å². The number of benzene rings is 1. The maximum absolute atomic E-state index is 12.6. The van der Waals surface area contributed by atoms with Crippen molar-refractivity contribution in [3.63, 3.8) is 0 Å². The summed E-state index contributed by atoms with van der Waals surface area (Å²) in [4.78, 5) is 20.1. The minimum atomic E-state index is 0.180. The molecule has 4 rings (SSSR count). The Labute approximate surface area is 130 Å². The molecule has 3 heterocycles. The van der Waals surface area contributed by atoms with Gasteiger partial charge in [-0.05, 0) is 24.6 Å². The van der Waals surface area contributed by atoms with Gasteiger partial charge in [-0.1, -0.05) is 18.2 Å². The Bertz CT molecular complexity index is 665. The van der Waals surface area contributed by atoms with Crippen LogP contribution >= 0.6 is 0 Å². The first-order valence-corrected chi connectivity index (χ1v) is 7.95. The standard InChI is InChI=1S/C18H21N3O/c1-13-7-19-8-17(13)18(22)21-11-14-9-20(10-15(14)12-21)16-5-3-2-4-6-16/h2-8,14-15,19H,9-12H2,1H3/t14-,15-/m0/s1. The van der Waals surface area contributed by atoms with E-state index in [1.165, 1.54) is 5.69 Å². The number of para-hydroxylation sites is 1. The minimum Gasteiger partial charge on any atom is -0.371 e. The Morgan fingerprint density at radius 3 is 2.32 bits per heavy atom. The molecule has 0 spiro atoms. The third kappa shape index (κ3) is 2.19. The van der Waals surface area contributed by atoms with Crippen molar-refractivity contribution >= 4 is 11.6 Å². The first-order valence-electron chi connectivity index (χ1n) is 7.95. The number of aryl methyl sites for hydroxylation is 1. The number of fused-ring (bicyclic) bond motifs is 1. The largest absolute Gasteiger partial charge is 0.371 e. The monoisotopic (exact) mass is 295 g/mol. The normalized spacial score (nSPS) is 23.9. The SMILES string of the molecule is Cc1c[nH]cc1C(=O)N1C[C@@H]2CN(c3ccccc3)C[C@H]2C1. The van der Waals surface area contributed by atoms with Crippen molar-refractivity contribution in [1.29, 1.82) is 0 Å². The van der Waals surface area contributed by atoms with Gasteiger partial charge in [-0.2, -0.15) is 0 Å². The van der Waals surface area contributed by atoms with Crippen LogP contribution in [0.15, 0.2) is 42.7 Å². The average Bonchev–Trinajstić information content (AvgIpc) is 3.21. The second-order valence-corrected chi connectivity index (χ2v) is 6.52. The summed E-state index contributed by atoms with van der Waals surface area (Å²) in [5, 5.41) is 0. The zero-order valence-electron chi connectivity index (χ0n) is 12.8. The molecule has 1 aromatic carbocycles. The molecule has 2 aliphatic rings. The lowest BCUT2D eigenvalue weighted by molar-refractivity contribution is 0.0782. The van der Waals surface area contributed by atoms with E-state index in [1.807, 2.05) is 24.2 Å². The van der Waals surface area contributed by atoms with Crippen molar-refractivity contribution in [1.82, 2.24) is 9.88 Å². The van der Waals surface area contributed by atoms with Gasteiger partial charge in [0.25, 0.3) is 5.91 Å². The molecular formula is C18H21N3O. The van der Waals surface area contributed by atoms with Gasteiger partial charge in [0.05, 0.1) is 5.56 Å². The smallest absolute Gasteiger partial charge is 0.255 e. The van der Waals surface area contributed by atoms with Crippen LogP contribution in [0.5, 0.6) is 0 Å².